The fourth-order valence-electron chi connectivity index (χ4n) is 2.93. The number of hydrogen-bond donors (Lipinski definition) is 1. The van der Waals surface area contributed by atoms with Crippen LogP contribution < -0.4 is 4.90 Å². The maximum atomic E-state index is 12.6. The van der Waals surface area contributed by atoms with Gasteiger partial charge in [0.1, 0.15) is 5.82 Å². The SMILES string of the molecule is CN(CC(=O)N1CCCC(c2ccn[nH]2)C1)c1ccc(Cl)cn1. The van der Waals surface area contributed by atoms with Crippen molar-refractivity contribution in [2.45, 2.75) is 18.8 Å². The van der Waals surface area contributed by atoms with E-state index in [-0.39, 0.29) is 5.91 Å². The number of aromatic nitrogens is 3. The van der Waals surface area contributed by atoms with Crippen LogP contribution in [-0.2, 0) is 4.79 Å². The Bertz CT molecular complexity index is 643. The van der Waals surface area contributed by atoms with E-state index in [0.29, 0.717) is 17.5 Å². The summed E-state index contributed by atoms with van der Waals surface area (Å²) in [7, 11) is 1.87. The minimum absolute atomic E-state index is 0.119. The van der Waals surface area contributed by atoms with E-state index in [0.717, 1.165) is 37.4 Å². The Kier molecular flexibility index (Phi) is 4.81. The molecule has 0 aliphatic carbocycles. The van der Waals surface area contributed by atoms with Crippen LogP contribution >= 0.6 is 11.6 Å². The van der Waals surface area contributed by atoms with Crippen LogP contribution in [-0.4, -0.2) is 52.7 Å². The molecule has 2 aromatic heterocycles. The van der Waals surface area contributed by atoms with Crippen LogP contribution in [0.5, 0.6) is 0 Å². The third-order valence-corrected chi connectivity index (χ3v) is 4.44. The van der Waals surface area contributed by atoms with Crippen molar-refractivity contribution >= 4 is 23.3 Å². The number of carbonyl (C=O) groups is 1. The van der Waals surface area contributed by atoms with Crippen molar-refractivity contribution in [1.29, 1.82) is 0 Å². The van der Waals surface area contributed by atoms with Gasteiger partial charge in [-0.05, 0) is 31.0 Å². The number of nitrogens with zero attached hydrogens (tertiary/aromatic N) is 4. The van der Waals surface area contributed by atoms with E-state index in [1.54, 1.807) is 18.5 Å². The van der Waals surface area contributed by atoms with Gasteiger partial charge in [-0.2, -0.15) is 5.10 Å². The van der Waals surface area contributed by atoms with Crippen molar-refractivity contribution in [2.75, 3.05) is 31.6 Å². The van der Waals surface area contributed by atoms with Gasteiger partial charge in [0.15, 0.2) is 0 Å². The zero-order valence-electron chi connectivity index (χ0n) is 13.1. The number of pyridine rings is 1. The first kappa shape index (κ1) is 15.8. The number of anilines is 1. The Labute approximate surface area is 140 Å². The lowest BCUT2D eigenvalue weighted by atomic mass is 9.95. The van der Waals surface area contributed by atoms with E-state index in [9.17, 15) is 4.79 Å². The first-order chi connectivity index (χ1) is 11.1. The highest BCUT2D eigenvalue weighted by Crippen LogP contribution is 2.25. The fraction of sp³-hybridized carbons (Fsp3) is 0.438. The Morgan fingerprint density at radius 2 is 2.35 bits per heavy atom. The van der Waals surface area contributed by atoms with Gasteiger partial charge in [-0.1, -0.05) is 11.6 Å². The van der Waals surface area contributed by atoms with Gasteiger partial charge in [-0.15, -0.1) is 0 Å². The number of nitrogens with one attached hydrogen (secondary N) is 1. The van der Waals surface area contributed by atoms with Gasteiger partial charge in [0.05, 0.1) is 11.6 Å². The summed E-state index contributed by atoms with van der Waals surface area (Å²) in [5, 5.41) is 7.61. The van der Waals surface area contributed by atoms with Gasteiger partial charge in [0.2, 0.25) is 5.91 Å². The molecular weight excluding hydrogens is 314 g/mol. The molecule has 0 spiro atoms. The standard InChI is InChI=1S/C16H20ClN5O/c1-21(15-5-4-13(17)9-18-15)11-16(23)22-8-2-3-12(10-22)14-6-7-19-20-14/h4-7,9,12H,2-3,8,10-11H2,1H3,(H,19,20). The molecular formula is C16H20ClN5O. The van der Waals surface area contributed by atoms with Crippen LogP contribution in [0.3, 0.4) is 0 Å². The number of amides is 1. The summed E-state index contributed by atoms with van der Waals surface area (Å²) in [6.45, 7) is 1.86. The molecule has 23 heavy (non-hydrogen) atoms. The second-order valence-electron chi connectivity index (χ2n) is 5.88. The third-order valence-electron chi connectivity index (χ3n) is 4.21. The normalized spacial score (nSPS) is 18.0. The predicted octanol–water partition coefficient (Wildman–Crippen LogP) is 2.30. The molecule has 2 aromatic rings. The number of aromatic amines is 1. The summed E-state index contributed by atoms with van der Waals surface area (Å²) in [4.78, 5) is 20.6. The Morgan fingerprint density at radius 1 is 1.48 bits per heavy atom. The quantitative estimate of drug-likeness (QED) is 0.932. The van der Waals surface area contributed by atoms with Crippen LogP contribution in [0.4, 0.5) is 5.82 Å². The monoisotopic (exact) mass is 333 g/mol. The zero-order chi connectivity index (χ0) is 16.2. The van der Waals surface area contributed by atoms with E-state index in [1.807, 2.05) is 29.0 Å². The molecule has 1 amide bonds. The summed E-state index contributed by atoms with van der Waals surface area (Å²) >= 11 is 5.84. The topological polar surface area (TPSA) is 65.1 Å². The summed E-state index contributed by atoms with van der Waals surface area (Å²) in [5.41, 5.74) is 1.11. The minimum Gasteiger partial charge on any atom is -0.350 e. The van der Waals surface area contributed by atoms with E-state index >= 15 is 0 Å². The number of carbonyl (C=O) groups excluding carboxylic acids is 1. The molecule has 1 unspecified atom stereocenters. The molecule has 0 saturated carbocycles. The molecule has 1 N–H and O–H groups in total. The van der Waals surface area contributed by atoms with Gasteiger partial charge in [-0.3, -0.25) is 9.89 Å². The average molecular weight is 334 g/mol. The van der Waals surface area contributed by atoms with Gasteiger partial charge >= 0.3 is 0 Å². The molecule has 122 valence electrons. The molecule has 1 saturated heterocycles. The summed E-state index contributed by atoms with van der Waals surface area (Å²) in [6.07, 6.45) is 5.45. The Hall–Kier alpha value is -2.08. The Balaban J connectivity index is 1.60. The van der Waals surface area contributed by atoms with Gasteiger partial charge in [0, 0.05) is 44.1 Å². The van der Waals surface area contributed by atoms with Crippen LogP contribution in [0, 0.1) is 0 Å². The maximum Gasteiger partial charge on any atom is 0.242 e. The number of hydrogen-bond acceptors (Lipinski definition) is 4. The molecule has 0 aromatic carbocycles. The fourth-order valence-corrected chi connectivity index (χ4v) is 3.04. The average Bonchev–Trinajstić information content (AvgIpc) is 3.10. The summed E-state index contributed by atoms with van der Waals surface area (Å²) in [5.74, 6) is 1.20. The predicted molar refractivity (Wildman–Crippen MR) is 89.7 cm³/mol. The van der Waals surface area contributed by atoms with Gasteiger partial charge < -0.3 is 9.80 Å². The molecule has 1 aliphatic rings. The van der Waals surface area contributed by atoms with Crippen LogP contribution in [0.25, 0.3) is 0 Å². The molecule has 1 aliphatic heterocycles. The molecule has 0 radical (unpaired) electrons. The Morgan fingerprint density at radius 3 is 3.04 bits per heavy atom. The number of rotatable bonds is 4. The summed E-state index contributed by atoms with van der Waals surface area (Å²) in [6, 6.07) is 5.58. The van der Waals surface area contributed by atoms with Crippen LogP contribution in [0.15, 0.2) is 30.6 Å². The number of likely N-dealkylation sites (tertiary alicyclic amines) is 1. The maximum absolute atomic E-state index is 12.6. The molecule has 1 fully saturated rings. The highest BCUT2D eigenvalue weighted by Gasteiger charge is 2.26. The molecule has 3 rings (SSSR count). The smallest absolute Gasteiger partial charge is 0.242 e. The van der Waals surface area contributed by atoms with E-state index in [2.05, 4.69) is 15.2 Å². The first-order valence-electron chi connectivity index (χ1n) is 7.73. The zero-order valence-corrected chi connectivity index (χ0v) is 13.8. The largest absolute Gasteiger partial charge is 0.350 e. The van der Waals surface area contributed by atoms with Crippen molar-refractivity contribution in [1.82, 2.24) is 20.1 Å². The van der Waals surface area contributed by atoms with Crippen LogP contribution in [0.2, 0.25) is 5.02 Å². The van der Waals surface area contributed by atoms with E-state index in [4.69, 9.17) is 11.6 Å². The second-order valence-corrected chi connectivity index (χ2v) is 6.32. The van der Waals surface area contributed by atoms with Gasteiger partial charge in [-0.25, -0.2) is 4.98 Å². The van der Waals surface area contributed by atoms with Crippen molar-refractivity contribution in [3.8, 4) is 0 Å². The minimum atomic E-state index is 0.119. The molecule has 7 heteroatoms. The highest BCUT2D eigenvalue weighted by atomic mass is 35.5. The van der Waals surface area contributed by atoms with Crippen molar-refractivity contribution < 1.29 is 4.79 Å². The summed E-state index contributed by atoms with van der Waals surface area (Å²) < 4.78 is 0. The van der Waals surface area contributed by atoms with Crippen LogP contribution in [0.1, 0.15) is 24.5 Å². The molecule has 3 heterocycles. The lowest BCUT2D eigenvalue weighted by molar-refractivity contribution is -0.130. The molecule has 0 bridgehead atoms. The second kappa shape index (κ2) is 7.00. The van der Waals surface area contributed by atoms with Crippen molar-refractivity contribution in [3.63, 3.8) is 0 Å². The van der Waals surface area contributed by atoms with Crippen molar-refractivity contribution in [3.05, 3.63) is 41.3 Å². The number of likely N-dealkylation sites (N-methyl/N-ethyl adjacent to an activating group) is 1. The van der Waals surface area contributed by atoms with Gasteiger partial charge in [0.25, 0.3) is 0 Å². The van der Waals surface area contributed by atoms with E-state index < -0.39 is 0 Å². The highest BCUT2D eigenvalue weighted by molar-refractivity contribution is 6.30. The van der Waals surface area contributed by atoms with E-state index in [1.165, 1.54) is 0 Å². The molecule has 6 nitrogen and oxygen atoms in total. The van der Waals surface area contributed by atoms with Crippen molar-refractivity contribution in [2.24, 2.45) is 0 Å². The number of H-pyrrole nitrogens is 1. The lowest BCUT2D eigenvalue weighted by Gasteiger charge is -2.33. The first-order valence-corrected chi connectivity index (χ1v) is 8.11. The number of halogens is 1. The molecule has 1 atom stereocenters. The third kappa shape index (κ3) is 3.82. The number of piperidine rings is 1. The lowest BCUT2D eigenvalue weighted by Crippen LogP contribution is -2.44.